The fraction of sp³-hybridized carbons (Fsp3) is 0.0769. The smallest absolute Gasteiger partial charge is 0.275 e. The molecule has 0 atom stereocenters. The molecule has 0 amide bonds. The molecule has 0 bridgehead atoms. The summed E-state index contributed by atoms with van der Waals surface area (Å²) in [5, 5.41) is 13.6. The summed E-state index contributed by atoms with van der Waals surface area (Å²) < 4.78 is 26.5. The Kier molecular flexibility index (Phi) is 4.59. The Balaban J connectivity index is 2.27. The van der Waals surface area contributed by atoms with Crippen molar-refractivity contribution in [3.8, 4) is 0 Å². The van der Waals surface area contributed by atoms with Gasteiger partial charge in [-0.05, 0) is 18.2 Å². The van der Waals surface area contributed by atoms with E-state index in [1.54, 1.807) is 0 Å². The Hall–Kier alpha value is -1.92. The Bertz CT molecular complexity index is 688. The molecule has 0 fully saturated rings. The summed E-state index contributed by atoms with van der Waals surface area (Å²) in [6.45, 7) is -0.0598. The normalized spacial score (nSPS) is 10.5. The van der Waals surface area contributed by atoms with Crippen LogP contribution < -0.4 is 5.32 Å². The van der Waals surface area contributed by atoms with E-state index in [-0.39, 0.29) is 28.0 Å². The number of nitro groups is 1. The molecule has 0 aliphatic rings. The number of anilines is 1. The highest BCUT2D eigenvalue weighted by molar-refractivity contribution is 6.33. The molecule has 0 aliphatic heterocycles. The van der Waals surface area contributed by atoms with Crippen LogP contribution in [0, 0.1) is 21.7 Å². The fourth-order valence-corrected chi connectivity index (χ4v) is 2.18. The highest BCUT2D eigenvalue weighted by atomic mass is 35.5. The van der Waals surface area contributed by atoms with E-state index >= 15 is 0 Å². The largest absolute Gasteiger partial charge is 0.377 e. The van der Waals surface area contributed by atoms with Gasteiger partial charge in [-0.15, -0.1) is 0 Å². The first-order chi connectivity index (χ1) is 9.88. The minimum absolute atomic E-state index is 0.0598. The van der Waals surface area contributed by atoms with Crippen molar-refractivity contribution in [2.24, 2.45) is 0 Å². The molecule has 0 saturated heterocycles. The molecule has 0 heterocycles. The van der Waals surface area contributed by atoms with E-state index in [0.29, 0.717) is 11.6 Å². The van der Waals surface area contributed by atoms with Gasteiger partial charge >= 0.3 is 0 Å². The number of hydrogen-bond donors (Lipinski definition) is 1. The van der Waals surface area contributed by atoms with Crippen molar-refractivity contribution in [3.63, 3.8) is 0 Å². The van der Waals surface area contributed by atoms with Gasteiger partial charge in [0, 0.05) is 29.3 Å². The number of benzene rings is 2. The van der Waals surface area contributed by atoms with Crippen LogP contribution in [0.25, 0.3) is 0 Å². The minimum Gasteiger partial charge on any atom is -0.377 e. The van der Waals surface area contributed by atoms with Crippen LogP contribution in [0.5, 0.6) is 0 Å². The third-order valence-electron chi connectivity index (χ3n) is 2.71. The van der Waals surface area contributed by atoms with Crippen LogP contribution >= 0.6 is 23.2 Å². The molecule has 0 unspecified atom stereocenters. The summed E-state index contributed by atoms with van der Waals surface area (Å²) in [6.07, 6.45) is 0. The molecule has 0 spiro atoms. The maximum atomic E-state index is 13.6. The Labute approximate surface area is 128 Å². The van der Waals surface area contributed by atoms with Crippen molar-refractivity contribution in [1.29, 1.82) is 0 Å². The van der Waals surface area contributed by atoms with E-state index < -0.39 is 16.6 Å². The van der Waals surface area contributed by atoms with E-state index in [9.17, 15) is 18.9 Å². The lowest BCUT2D eigenvalue weighted by molar-refractivity contribution is -0.385. The fourth-order valence-electron chi connectivity index (χ4n) is 1.75. The first-order valence-corrected chi connectivity index (χ1v) is 6.45. The van der Waals surface area contributed by atoms with Crippen LogP contribution in [0.4, 0.5) is 20.2 Å². The van der Waals surface area contributed by atoms with Gasteiger partial charge in [-0.25, -0.2) is 8.78 Å². The molecule has 8 heteroatoms. The maximum absolute atomic E-state index is 13.6. The molecular weight excluding hydrogens is 325 g/mol. The maximum Gasteiger partial charge on any atom is 0.275 e. The summed E-state index contributed by atoms with van der Waals surface area (Å²) in [6, 6.07) is 5.74. The average Bonchev–Trinajstić information content (AvgIpc) is 2.38. The summed E-state index contributed by atoms with van der Waals surface area (Å²) in [5.74, 6) is -1.68. The second-order valence-electron chi connectivity index (χ2n) is 4.13. The van der Waals surface area contributed by atoms with Crippen LogP contribution in [0.3, 0.4) is 0 Å². The predicted octanol–water partition coefficient (Wildman–Crippen LogP) is 4.79. The monoisotopic (exact) mass is 332 g/mol. The lowest BCUT2D eigenvalue weighted by Crippen LogP contribution is -2.05. The van der Waals surface area contributed by atoms with Gasteiger partial charge in [-0.2, -0.15) is 0 Å². The van der Waals surface area contributed by atoms with Crippen molar-refractivity contribution in [3.05, 3.63) is 67.7 Å². The number of hydrogen-bond acceptors (Lipinski definition) is 3. The number of halogens is 4. The molecule has 2 rings (SSSR count). The summed E-state index contributed by atoms with van der Waals surface area (Å²) in [4.78, 5) is 10.3. The van der Waals surface area contributed by atoms with E-state index in [1.165, 1.54) is 18.2 Å². The second-order valence-corrected chi connectivity index (χ2v) is 4.97. The lowest BCUT2D eigenvalue weighted by Gasteiger charge is -2.10. The van der Waals surface area contributed by atoms with Gasteiger partial charge in [0.25, 0.3) is 5.69 Å². The molecule has 1 N–H and O–H groups in total. The average molecular weight is 333 g/mol. The molecule has 2 aromatic carbocycles. The Morgan fingerprint density at radius 1 is 1.19 bits per heavy atom. The second kappa shape index (κ2) is 6.24. The Morgan fingerprint density at radius 2 is 1.90 bits per heavy atom. The molecular formula is C13H8Cl2F2N2O2. The van der Waals surface area contributed by atoms with Crippen molar-refractivity contribution in [2.75, 3.05) is 5.32 Å². The van der Waals surface area contributed by atoms with Crippen LogP contribution in [0.1, 0.15) is 5.56 Å². The Morgan fingerprint density at radius 3 is 2.52 bits per heavy atom. The van der Waals surface area contributed by atoms with Gasteiger partial charge in [0.05, 0.1) is 15.6 Å². The zero-order valence-electron chi connectivity index (χ0n) is 10.4. The molecule has 0 saturated carbocycles. The lowest BCUT2D eigenvalue weighted by atomic mass is 10.1. The molecule has 21 heavy (non-hydrogen) atoms. The van der Waals surface area contributed by atoms with Crippen molar-refractivity contribution >= 4 is 34.6 Å². The van der Waals surface area contributed by atoms with Gasteiger partial charge in [0.15, 0.2) is 5.82 Å². The summed E-state index contributed by atoms with van der Waals surface area (Å²) in [7, 11) is 0. The zero-order chi connectivity index (χ0) is 15.6. The standard InChI is InChI=1S/C13H8Cl2F2N2O2/c14-8-2-1-7(12(3-8)19(20)21)6-18-13-10(15)4-9(16)5-11(13)17/h1-5,18H,6H2. The molecule has 0 aromatic heterocycles. The first-order valence-electron chi connectivity index (χ1n) is 5.69. The SMILES string of the molecule is O=[N+]([O-])c1cc(Cl)ccc1CNc1c(F)cc(F)cc1Cl. The number of nitrogens with zero attached hydrogens (tertiary/aromatic N) is 1. The summed E-state index contributed by atoms with van der Waals surface area (Å²) in [5.41, 5.74) is -0.0276. The molecule has 2 aromatic rings. The number of rotatable bonds is 4. The van der Waals surface area contributed by atoms with Gasteiger partial charge in [-0.1, -0.05) is 23.2 Å². The highest BCUT2D eigenvalue weighted by Crippen LogP contribution is 2.29. The third kappa shape index (κ3) is 3.59. The zero-order valence-corrected chi connectivity index (χ0v) is 11.9. The number of nitro benzene ring substituents is 1. The van der Waals surface area contributed by atoms with Crippen LogP contribution in [-0.4, -0.2) is 4.92 Å². The van der Waals surface area contributed by atoms with Gasteiger partial charge in [0.1, 0.15) is 5.82 Å². The molecule has 0 radical (unpaired) electrons. The van der Waals surface area contributed by atoms with E-state index in [1.807, 2.05) is 0 Å². The first kappa shape index (κ1) is 15.5. The van der Waals surface area contributed by atoms with E-state index in [2.05, 4.69) is 5.32 Å². The van der Waals surface area contributed by atoms with E-state index in [0.717, 1.165) is 6.07 Å². The van der Waals surface area contributed by atoms with Crippen molar-refractivity contribution in [2.45, 2.75) is 6.54 Å². The van der Waals surface area contributed by atoms with Crippen LogP contribution in [-0.2, 0) is 6.54 Å². The predicted molar refractivity (Wildman–Crippen MR) is 76.8 cm³/mol. The van der Waals surface area contributed by atoms with Gasteiger partial charge in [-0.3, -0.25) is 10.1 Å². The van der Waals surface area contributed by atoms with E-state index in [4.69, 9.17) is 23.2 Å². The minimum atomic E-state index is -0.878. The summed E-state index contributed by atoms with van der Waals surface area (Å²) >= 11 is 11.4. The van der Waals surface area contributed by atoms with Gasteiger partial charge in [0.2, 0.25) is 0 Å². The third-order valence-corrected chi connectivity index (χ3v) is 3.24. The van der Waals surface area contributed by atoms with Crippen LogP contribution in [0.2, 0.25) is 10.0 Å². The van der Waals surface area contributed by atoms with Crippen LogP contribution in [0.15, 0.2) is 30.3 Å². The number of nitrogens with one attached hydrogen (secondary N) is 1. The van der Waals surface area contributed by atoms with Gasteiger partial charge < -0.3 is 5.32 Å². The topological polar surface area (TPSA) is 55.2 Å². The molecule has 4 nitrogen and oxygen atoms in total. The quantitative estimate of drug-likeness (QED) is 0.646. The van der Waals surface area contributed by atoms with Crippen molar-refractivity contribution < 1.29 is 13.7 Å². The molecule has 0 aliphatic carbocycles. The molecule has 110 valence electrons. The highest BCUT2D eigenvalue weighted by Gasteiger charge is 2.16. The van der Waals surface area contributed by atoms with Crippen molar-refractivity contribution in [1.82, 2.24) is 0 Å².